The minimum absolute atomic E-state index is 0.291. The Bertz CT molecular complexity index is 874. The van der Waals surface area contributed by atoms with Gasteiger partial charge in [-0.3, -0.25) is 0 Å². The fraction of sp³-hybridized carbons (Fsp3) is 0.400. The standard InChI is InChI=1S/C20H28N2O4S/c1-20(2,3)22-27(23,24)19-9-7-6-8-16(19)14-21-13-15-10-11-17(25-4)18(12-15)26-5/h6-12,21-22H,13-14H2,1-5H3. The van der Waals surface area contributed by atoms with E-state index in [1.165, 1.54) is 0 Å². The lowest BCUT2D eigenvalue weighted by atomic mass is 10.1. The lowest BCUT2D eigenvalue weighted by Crippen LogP contribution is -2.40. The number of ether oxygens (including phenoxy) is 2. The van der Waals surface area contributed by atoms with Crippen LogP contribution in [0, 0.1) is 0 Å². The Morgan fingerprint density at radius 3 is 2.22 bits per heavy atom. The Kier molecular flexibility index (Phi) is 6.86. The average Bonchev–Trinajstić information content (AvgIpc) is 2.60. The molecule has 2 aromatic carbocycles. The minimum Gasteiger partial charge on any atom is -0.493 e. The molecule has 0 aromatic heterocycles. The predicted octanol–water partition coefficient (Wildman–Crippen LogP) is 3.07. The van der Waals surface area contributed by atoms with Crippen molar-refractivity contribution in [2.45, 2.75) is 44.3 Å². The van der Waals surface area contributed by atoms with Crippen LogP contribution in [0.2, 0.25) is 0 Å². The zero-order valence-corrected chi connectivity index (χ0v) is 17.3. The summed E-state index contributed by atoms with van der Waals surface area (Å²) < 4.78 is 38.6. The maximum Gasteiger partial charge on any atom is 0.241 e. The minimum atomic E-state index is -3.59. The molecular weight excluding hydrogens is 364 g/mol. The van der Waals surface area contributed by atoms with Crippen molar-refractivity contribution in [3.63, 3.8) is 0 Å². The summed E-state index contributed by atoms with van der Waals surface area (Å²) in [5.41, 5.74) is 1.19. The Balaban J connectivity index is 2.11. The zero-order chi connectivity index (χ0) is 20.1. The summed E-state index contributed by atoms with van der Waals surface area (Å²) >= 11 is 0. The third kappa shape index (κ3) is 5.95. The van der Waals surface area contributed by atoms with Crippen LogP contribution < -0.4 is 19.5 Å². The van der Waals surface area contributed by atoms with E-state index >= 15 is 0 Å². The summed E-state index contributed by atoms with van der Waals surface area (Å²) in [6.45, 7) is 6.46. The van der Waals surface area contributed by atoms with E-state index in [1.807, 2.05) is 51.1 Å². The van der Waals surface area contributed by atoms with E-state index in [1.54, 1.807) is 26.4 Å². The third-order valence-electron chi connectivity index (χ3n) is 3.80. The average molecular weight is 393 g/mol. The largest absolute Gasteiger partial charge is 0.493 e. The van der Waals surface area contributed by atoms with Gasteiger partial charge in [0.15, 0.2) is 11.5 Å². The molecule has 7 heteroatoms. The zero-order valence-electron chi connectivity index (χ0n) is 16.5. The molecule has 0 saturated carbocycles. The highest BCUT2D eigenvalue weighted by Gasteiger charge is 2.24. The van der Waals surface area contributed by atoms with E-state index in [0.29, 0.717) is 29.5 Å². The van der Waals surface area contributed by atoms with E-state index in [2.05, 4.69) is 10.0 Å². The molecule has 0 aliphatic heterocycles. The predicted molar refractivity (Wildman–Crippen MR) is 107 cm³/mol. The number of benzene rings is 2. The maximum atomic E-state index is 12.7. The second kappa shape index (κ2) is 8.73. The number of nitrogens with one attached hydrogen (secondary N) is 2. The Morgan fingerprint density at radius 2 is 1.59 bits per heavy atom. The van der Waals surface area contributed by atoms with Gasteiger partial charge in [-0.25, -0.2) is 13.1 Å². The number of hydrogen-bond donors (Lipinski definition) is 2. The summed E-state index contributed by atoms with van der Waals surface area (Å²) in [5.74, 6) is 1.33. The van der Waals surface area contributed by atoms with Gasteiger partial charge in [0.05, 0.1) is 19.1 Å². The fourth-order valence-corrected chi connectivity index (χ4v) is 4.36. The van der Waals surface area contributed by atoms with Crippen molar-refractivity contribution < 1.29 is 17.9 Å². The summed E-state index contributed by atoms with van der Waals surface area (Å²) in [4.78, 5) is 0.291. The molecule has 0 spiro atoms. The smallest absolute Gasteiger partial charge is 0.241 e. The molecule has 0 fully saturated rings. The number of hydrogen-bond acceptors (Lipinski definition) is 5. The van der Waals surface area contributed by atoms with E-state index in [9.17, 15) is 8.42 Å². The third-order valence-corrected chi connectivity index (χ3v) is 5.65. The van der Waals surface area contributed by atoms with E-state index < -0.39 is 15.6 Å². The van der Waals surface area contributed by atoms with E-state index in [4.69, 9.17) is 9.47 Å². The molecule has 0 unspecified atom stereocenters. The second-order valence-corrected chi connectivity index (χ2v) is 8.91. The van der Waals surface area contributed by atoms with Crippen molar-refractivity contribution in [1.82, 2.24) is 10.0 Å². The highest BCUT2D eigenvalue weighted by molar-refractivity contribution is 7.89. The molecule has 2 aromatic rings. The molecule has 0 atom stereocenters. The van der Waals surface area contributed by atoms with Crippen LogP contribution in [0.3, 0.4) is 0 Å². The first-order chi connectivity index (χ1) is 12.7. The molecule has 0 bridgehead atoms. The van der Waals surface area contributed by atoms with Crippen molar-refractivity contribution in [2.75, 3.05) is 14.2 Å². The van der Waals surface area contributed by atoms with Crippen LogP contribution in [0.1, 0.15) is 31.9 Å². The number of sulfonamides is 1. The normalized spacial score (nSPS) is 12.0. The summed E-state index contributed by atoms with van der Waals surface area (Å²) in [6, 6.07) is 12.7. The summed E-state index contributed by atoms with van der Waals surface area (Å²) in [5, 5.41) is 3.29. The van der Waals surface area contributed by atoms with Crippen LogP contribution in [-0.4, -0.2) is 28.2 Å². The molecule has 0 amide bonds. The monoisotopic (exact) mass is 392 g/mol. The molecule has 2 N–H and O–H groups in total. The Hall–Kier alpha value is -2.09. The summed E-state index contributed by atoms with van der Waals surface area (Å²) in [7, 11) is -0.398. The van der Waals surface area contributed by atoms with Crippen LogP contribution in [0.25, 0.3) is 0 Å². The first-order valence-corrected chi connectivity index (χ1v) is 10.2. The van der Waals surface area contributed by atoms with Crippen LogP contribution in [0.4, 0.5) is 0 Å². The van der Waals surface area contributed by atoms with Gasteiger partial charge in [-0.15, -0.1) is 0 Å². The number of methoxy groups -OCH3 is 2. The van der Waals surface area contributed by atoms with Crippen LogP contribution in [0.5, 0.6) is 11.5 Å². The SMILES string of the molecule is COc1ccc(CNCc2ccccc2S(=O)(=O)NC(C)(C)C)cc1OC. The van der Waals surface area contributed by atoms with E-state index in [0.717, 1.165) is 11.1 Å². The van der Waals surface area contributed by atoms with Crippen molar-refractivity contribution in [3.8, 4) is 11.5 Å². The Labute approximate surface area is 161 Å². The summed E-state index contributed by atoms with van der Waals surface area (Å²) in [6.07, 6.45) is 0. The highest BCUT2D eigenvalue weighted by Crippen LogP contribution is 2.27. The van der Waals surface area contributed by atoms with Gasteiger partial charge in [0.1, 0.15) is 0 Å². The molecule has 6 nitrogen and oxygen atoms in total. The van der Waals surface area contributed by atoms with Gasteiger partial charge in [0, 0.05) is 18.6 Å². The van der Waals surface area contributed by atoms with Crippen molar-refractivity contribution in [3.05, 3.63) is 53.6 Å². The molecule has 27 heavy (non-hydrogen) atoms. The second-order valence-electron chi connectivity index (χ2n) is 7.26. The fourth-order valence-electron chi connectivity index (χ4n) is 2.70. The molecule has 0 saturated heterocycles. The molecule has 2 rings (SSSR count). The lowest BCUT2D eigenvalue weighted by Gasteiger charge is -2.21. The van der Waals surface area contributed by atoms with Crippen molar-refractivity contribution in [2.24, 2.45) is 0 Å². The van der Waals surface area contributed by atoms with Gasteiger partial charge < -0.3 is 14.8 Å². The maximum absolute atomic E-state index is 12.7. The topological polar surface area (TPSA) is 76.7 Å². The first-order valence-electron chi connectivity index (χ1n) is 8.70. The first kappa shape index (κ1) is 21.2. The van der Waals surface area contributed by atoms with Crippen LogP contribution in [0.15, 0.2) is 47.4 Å². The molecule has 0 aliphatic rings. The van der Waals surface area contributed by atoms with Gasteiger partial charge in [-0.2, -0.15) is 0 Å². The van der Waals surface area contributed by atoms with Crippen LogP contribution in [-0.2, 0) is 23.1 Å². The van der Waals surface area contributed by atoms with Crippen molar-refractivity contribution in [1.29, 1.82) is 0 Å². The Morgan fingerprint density at radius 1 is 0.926 bits per heavy atom. The van der Waals surface area contributed by atoms with Gasteiger partial charge in [-0.1, -0.05) is 24.3 Å². The van der Waals surface area contributed by atoms with Gasteiger partial charge in [0.25, 0.3) is 0 Å². The quantitative estimate of drug-likeness (QED) is 0.722. The molecule has 148 valence electrons. The molecule has 0 radical (unpaired) electrons. The molecular formula is C20H28N2O4S. The van der Waals surface area contributed by atoms with Crippen LogP contribution >= 0.6 is 0 Å². The van der Waals surface area contributed by atoms with Crippen molar-refractivity contribution >= 4 is 10.0 Å². The van der Waals surface area contributed by atoms with Gasteiger partial charge in [0.2, 0.25) is 10.0 Å². The lowest BCUT2D eigenvalue weighted by molar-refractivity contribution is 0.354. The molecule has 0 heterocycles. The number of rotatable bonds is 8. The van der Waals surface area contributed by atoms with Gasteiger partial charge >= 0.3 is 0 Å². The van der Waals surface area contributed by atoms with E-state index in [-0.39, 0.29) is 0 Å². The highest BCUT2D eigenvalue weighted by atomic mass is 32.2. The van der Waals surface area contributed by atoms with Gasteiger partial charge in [-0.05, 0) is 50.1 Å². The molecule has 0 aliphatic carbocycles.